The Kier molecular flexibility index (Phi) is 16.5. The van der Waals surface area contributed by atoms with Gasteiger partial charge in [0.05, 0.1) is 13.2 Å². The van der Waals surface area contributed by atoms with Crippen molar-refractivity contribution in [3.05, 3.63) is 113 Å². The molecule has 1 aromatic heterocycles. The van der Waals surface area contributed by atoms with Crippen LogP contribution in [0.1, 0.15) is 76.1 Å². The summed E-state index contributed by atoms with van der Waals surface area (Å²) in [5, 5.41) is 27.6. The fourth-order valence-electron chi connectivity index (χ4n) is 6.96. The van der Waals surface area contributed by atoms with Gasteiger partial charge in [0.25, 0.3) is 11.8 Å². The van der Waals surface area contributed by atoms with Gasteiger partial charge in [-0.05, 0) is 86.7 Å². The minimum absolute atomic E-state index is 0.0471. The standard InChI is InChI=1S/C45H51FN10O8/c1-55(42(48)37-16-17-49-28-52-37)39(47)25-50-31-9-5-8-29(22-31)43(59)51-24-30-23-32(12-13-35(30)46)64-21-4-2-3-18-62-19-7-20-63-27-41(58)53-36-11-6-10-33-34(36)26-56(45(33)61)38-14-15-40(57)54-44(38)60/h5-6,8-13,16-17,22-23,28,38,47-48,50H,2-4,7,14-15,18-21,24-27H2,1H3,(H,51,59)(H,53,58)(H,54,57,60). The number of amidine groups is 2. The molecule has 18 nitrogen and oxygen atoms in total. The molecule has 6 rings (SSSR count). The van der Waals surface area contributed by atoms with Crippen LogP contribution in [0.15, 0.2) is 79.3 Å². The van der Waals surface area contributed by atoms with Crippen molar-refractivity contribution < 1.29 is 42.6 Å². The quantitative estimate of drug-likeness (QED) is 0.0281. The highest BCUT2D eigenvalue weighted by atomic mass is 19.1. The number of ether oxygens (including phenoxy) is 3. The average molecular weight is 879 g/mol. The number of carbonyl (C=O) groups excluding carboxylic acids is 5. The van der Waals surface area contributed by atoms with Gasteiger partial charge < -0.3 is 40.0 Å². The Morgan fingerprint density at radius 2 is 1.75 bits per heavy atom. The van der Waals surface area contributed by atoms with Crippen LogP contribution < -0.4 is 26.0 Å². The third-order valence-corrected chi connectivity index (χ3v) is 10.5. The molecule has 0 bridgehead atoms. The number of piperidine rings is 1. The van der Waals surface area contributed by atoms with Gasteiger partial charge in [-0.2, -0.15) is 0 Å². The molecular weight excluding hydrogens is 828 g/mol. The van der Waals surface area contributed by atoms with Crippen LogP contribution in [-0.4, -0.2) is 114 Å². The van der Waals surface area contributed by atoms with Crippen LogP contribution in [0.5, 0.6) is 5.75 Å². The monoisotopic (exact) mass is 878 g/mol. The first kappa shape index (κ1) is 46.4. The maximum absolute atomic E-state index is 14.7. The lowest BCUT2D eigenvalue weighted by molar-refractivity contribution is -0.137. The van der Waals surface area contributed by atoms with Crippen molar-refractivity contribution in [2.75, 3.05) is 57.3 Å². The number of aromatic nitrogens is 2. The Morgan fingerprint density at radius 1 is 0.953 bits per heavy atom. The number of benzene rings is 3. The van der Waals surface area contributed by atoms with Gasteiger partial charge in [-0.1, -0.05) is 12.1 Å². The van der Waals surface area contributed by atoms with E-state index >= 15 is 0 Å². The van der Waals surface area contributed by atoms with Gasteiger partial charge in [0.15, 0.2) is 5.84 Å². The summed E-state index contributed by atoms with van der Waals surface area (Å²) in [6.45, 7) is 1.75. The number of carbonyl (C=O) groups is 5. The summed E-state index contributed by atoms with van der Waals surface area (Å²) in [6.07, 6.45) is 6.27. The third kappa shape index (κ3) is 12.7. The first-order valence-electron chi connectivity index (χ1n) is 20.9. The second-order valence-corrected chi connectivity index (χ2v) is 15.0. The minimum atomic E-state index is -0.744. The molecule has 6 N–H and O–H groups in total. The summed E-state index contributed by atoms with van der Waals surface area (Å²) >= 11 is 0. The predicted octanol–water partition coefficient (Wildman–Crippen LogP) is 4.26. The average Bonchev–Trinajstić information content (AvgIpc) is 3.64. The van der Waals surface area contributed by atoms with Crippen molar-refractivity contribution in [1.29, 1.82) is 10.8 Å². The molecule has 1 atom stereocenters. The van der Waals surface area contributed by atoms with Crippen LogP contribution in [0.2, 0.25) is 0 Å². The normalized spacial score (nSPS) is 14.4. The van der Waals surface area contributed by atoms with Crippen LogP contribution in [0.25, 0.3) is 0 Å². The van der Waals surface area contributed by atoms with Gasteiger partial charge in [-0.3, -0.25) is 40.1 Å². The van der Waals surface area contributed by atoms with Crippen LogP contribution in [0.4, 0.5) is 15.8 Å². The third-order valence-electron chi connectivity index (χ3n) is 10.5. The lowest BCUT2D eigenvalue weighted by atomic mass is 10.0. The number of nitrogens with one attached hydrogen (secondary N) is 6. The Morgan fingerprint density at radius 3 is 2.56 bits per heavy atom. The smallest absolute Gasteiger partial charge is 0.255 e. The first-order chi connectivity index (χ1) is 31.0. The molecule has 4 aromatic rings. The van der Waals surface area contributed by atoms with Gasteiger partial charge in [0.2, 0.25) is 17.7 Å². The Labute approximate surface area is 369 Å². The van der Waals surface area contributed by atoms with Crippen molar-refractivity contribution in [2.24, 2.45) is 0 Å². The molecule has 2 aliphatic rings. The number of rotatable bonds is 22. The Bertz CT molecular complexity index is 2350. The highest BCUT2D eigenvalue weighted by molar-refractivity contribution is 6.07. The van der Waals surface area contributed by atoms with E-state index in [2.05, 4.69) is 31.2 Å². The maximum atomic E-state index is 14.7. The maximum Gasteiger partial charge on any atom is 0.255 e. The first-order valence-corrected chi connectivity index (χ1v) is 20.9. The number of nitrogens with zero attached hydrogens (tertiary/aromatic N) is 4. The van der Waals surface area contributed by atoms with Crippen molar-refractivity contribution in [3.63, 3.8) is 0 Å². The van der Waals surface area contributed by atoms with E-state index in [1.165, 1.54) is 28.4 Å². The van der Waals surface area contributed by atoms with Crippen molar-refractivity contribution in [1.82, 2.24) is 30.4 Å². The van der Waals surface area contributed by atoms with Gasteiger partial charge in [0.1, 0.15) is 42.1 Å². The Balaban J connectivity index is 0.804. The van der Waals surface area contributed by atoms with Gasteiger partial charge in [0, 0.05) is 86.2 Å². The molecule has 5 amide bonds. The van der Waals surface area contributed by atoms with Gasteiger partial charge in [-0.25, -0.2) is 14.4 Å². The molecule has 0 saturated carbocycles. The molecule has 1 saturated heterocycles. The lowest BCUT2D eigenvalue weighted by Gasteiger charge is -2.29. The molecule has 336 valence electrons. The second kappa shape index (κ2) is 22.8. The molecule has 64 heavy (non-hydrogen) atoms. The SMILES string of the molecule is CN(C(=N)CNc1cccc(C(=O)NCc2cc(OCCCCCOCCCOCC(=O)Nc3cccc4c3CN(C3CCC(=O)NC3=O)C4=O)ccc2F)c1)C(=N)c1ccncn1. The number of unbranched alkanes of at least 4 members (excludes halogenated alkanes) is 2. The minimum Gasteiger partial charge on any atom is -0.494 e. The van der Waals surface area contributed by atoms with E-state index in [0.717, 1.165) is 19.3 Å². The van der Waals surface area contributed by atoms with Crippen LogP contribution in [-0.2, 0) is 36.9 Å². The molecule has 1 fully saturated rings. The zero-order valence-electron chi connectivity index (χ0n) is 35.4. The molecule has 0 aliphatic carbocycles. The number of amides is 5. The summed E-state index contributed by atoms with van der Waals surface area (Å²) < 4.78 is 31.7. The van der Waals surface area contributed by atoms with E-state index in [1.807, 2.05) is 0 Å². The van der Waals surface area contributed by atoms with Crippen LogP contribution >= 0.6 is 0 Å². The van der Waals surface area contributed by atoms with E-state index in [-0.39, 0.29) is 74.0 Å². The lowest BCUT2D eigenvalue weighted by Crippen LogP contribution is -2.52. The topological polar surface area (TPSA) is 241 Å². The molecule has 1 unspecified atom stereocenters. The number of anilines is 2. The number of hydrogen-bond donors (Lipinski definition) is 6. The zero-order valence-corrected chi connectivity index (χ0v) is 35.4. The largest absolute Gasteiger partial charge is 0.494 e. The fraction of sp³-hybridized carbons (Fsp3) is 0.356. The molecule has 2 aliphatic heterocycles. The summed E-state index contributed by atoms with van der Waals surface area (Å²) in [7, 11) is 1.60. The van der Waals surface area contributed by atoms with Crippen molar-refractivity contribution in [2.45, 2.75) is 57.7 Å². The van der Waals surface area contributed by atoms with Crippen molar-refractivity contribution >= 4 is 52.6 Å². The van der Waals surface area contributed by atoms with Gasteiger partial charge >= 0.3 is 0 Å². The Hall–Kier alpha value is -7.12. The second-order valence-electron chi connectivity index (χ2n) is 15.0. The number of fused-ring (bicyclic) bond motifs is 1. The van der Waals surface area contributed by atoms with Crippen LogP contribution in [0.3, 0.4) is 0 Å². The number of likely N-dealkylation sites (N-methyl/N-ethyl adjacent to an activating group) is 1. The van der Waals surface area contributed by atoms with E-state index in [1.54, 1.807) is 67.7 Å². The zero-order chi connectivity index (χ0) is 45.4. The number of halogens is 1. The number of hydrogen-bond acceptors (Lipinski definition) is 13. The van der Waals surface area contributed by atoms with E-state index in [9.17, 15) is 28.4 Å². The van der Waals surface area contributed by atoms with Gasteiger partial charge in [-0.15, -0.1) is 0 Å². The fourth-order valence-corrected chi connectivity index (χ4v) is 6.96. The van der Waals surface area contributed by atoms with Crippen LogP contribution in [0, 0.1) is 16.6 Å². The summed E-state index contributed by atoms with van der Waals surface area (Å²) in [5.74, 6) is -1.78. The van der Waals surface area contributed by atoms with E-state index in [0.29, 0.717) is 72.4 Å². The molecule has 0 spiro atoms. The predicted molar refractivity (Wildman–Crippen MR) is 234 cm³/mol. The molecule has 3 aromatic carbocycles. The van der Waals surface area contributed by atoms with Crippen molar-refractivity contribution in [3.8, 4) is 5.75 Å². The molecular formula is C45H51FN10O8. The summed E-state index contributed by atoms with van der Waals surface area (Å²) in [5.41, 5.74) is 3.10. The summed E-state index contributed by atoms with van der Waals surface area (Å²) in [6, 6.07) is 17.0. The summed E-state index contributed by atoms with van der Waals surface area (Å²) in [4.78, 5) is 73.3. The highest BCUT2D eigenvalue weighted by Gasteiger charge is 2.40. The molecule has 0 radical (unpaired) electrons. The molecule has 19 heteroatoms. The highest BCUT2D eigenvalue weighted by Crippen LogP contribution is 2.32. The molecule has 3 heterocycles. The number of imide groups is 1. The van der Waals surface area contributed by atoms with E-state index < -0.39 is 23.7 Å². The van der Waals surface area contributed by atoms with E-state index in [4.69, 9.17) is 25.0 Å².